The fourth-order valence-electron chi connectivity index (χ4n) is 1.60. The number of hydrogen-bond donors (Lipinski definition) is 2. The Kier molecular flexibility index (Phi) is 2.51. The molecule has 1 aromatic rings. The number of nitro groups is 1. The maximum absolute atomic E-state index is 10.6. The van der Waals surface area contributed by atoms with Gasteiger partial charge in [-0.3, -0.25) is 10.1 Å². The van der Waals surface area contributed by atoms with Crippen LogP contribution in [-0.4, -0.2) is 15.4 Å². The Balaban J connectivity index is 2.12. The van der Waals surface area contributed by atoms with Crippen molar-refractivity contribution in [3.8, 4) is 0 Å². The van der Waals surface area contributed by atoms with Crippen LogP contribution in [0.4, 0.5) is 11.5 Å². The summed E-state index contributed by atoms with van der Waals surface area (Å²) in [6.45, 7) is 0. The molecule has 0 radical (unpaired) electrons. The largest absolute Gasteiger partial charge is 0.383 e. The molecule has 0 amide bonds. The van der Waals surface area contributed by atoms with Gasteiger partial charge in [-0.05, 0) is 25.7 Å². The number of nitrogen functional groups attached to an aromatic ring is 1. The highest BCUT2D eigenvalue weighted by atomic mass is 16.6. The van der Waals surface area contributed by atoms with Gasteiger partial charge in [0.2, 0.25) is 0 Å². The average Bonchev–Trinajstić information content (AvgIpc) is 2.95. The fraction of sp³-hybridized carbons (Fsp3) is 0.500. The summed E-state index contributed by atoms with van der Waals surface area (Å²) >= 11 is 0. The molecule has 1 aliphatic carbocycles. The van der Waals surface area contributed by atoms with Crippen LogP contribution in [0.25, 0.3) is 0 Å². The molecule has 2 rings (SSSR count). The van der Waals surface area contributed by atoms with Crippen molar-refractivity contribution in [1.82, 2.24) is 4.98 Å². The molecule has 4 N–H and O–H groups in total. The number of nitrogens with two attached hydrogens (primary N) is 2. The molecular weight excluding hydrogens is 208 g/mol. The first kappa shape index (κ1) is 10.8. The quantitative estimate of drug-likeness (QED) is 0.583. The van der Waals surface area contributed by atoms with E-state index >= 15 is 0 Å². The maximum atomic E-state index is 10.6. The smallest absolute Gasteiger partial charge is 0.288 e. The highest BCUT2D eigenvalue weighted by Crippen LogP contribution is 2.37. The third kappa shape index (κ3) is 2.27. The van der Waals surface area contributed by atoms with Crippen molar-refractivity contribution in [3.05, 3.63) is 27.9 Å². The first-order valence-corrected chi connectivity index (χ1v) is 5.18. The third-order valence-corrected chi connectivity index (χ3v) is 2.98. The van der Waals surface area contributed by atoms with Gasteiger partial charge < -0.3 is 11.5 Å². The number of aryl methyl sites for hydroxylation is 1. The second-order valence-corrected chi connectivity index (χ2v) is 4.36. The van der Waals surface area contributed by atoms with Gasteiger partial charge in [-0.1, -0.05) is 0 Å². The zero-order valence-electron chi connectivity index (χ0n) is 8.85. The molecule has 0 saturated heterocycles. The monoisotopic (exact) mass is 222 g/mol. The van der Waals surface area contributed by atoms with Gasteiger partial charge in [-0.15, -0.1) is 0 Å². The van der Waals surface area contributed by atoms with Crippen LogP contribution in [0.5, 0.6) is 0 Å². The van der Waals surface area contributed by atoms with E-state index in [0.717, 1.165) is 19.3 Å². The lowest BCUT2D eigenvalue weighted by atomic mass is 10.0. The van der Waals surface area contributed by atoms with E-state index in [0.29, 0.717) is 17.8 Å². The van der Waals surface area contributed by atoms with E-state index in [1.807, 2.05) is 0 Å². The second kappa shape index (κ2) is 3.71. The molecule has 1 aliphatic rings. The second-order valence-electron chi connectivity index (χ2n) is 4.36. The summed E-state index contributed by atoms with van der Waals surface area (Å²) in [5, 5.41) is 10.6. The maximum Gasteiger partial charge on any atom is 0.288 e. The zero-order valence-corrected chi connectivity index (χ0v) is 8.85. The molecule has 86 valence electrons. The molecule has 6 heteroatoms. The summed E-state index contributed by atoms with van der Waals surface area (Å²) in [5.41, 5.74) is 12.2. The van der Waals surface area contributed by atoms with Crippen LogP contribution in [-0.2, 0) is 6.42 Å². The molecule has 1 fully saturated rings. The van der Waals surface area contributed by atoms with Crippen molar-refractivity contribution >= 4 is 11.5 Å². The molecule has 0 atom stereocenters. The summed E-state index contributed by atoms with van der Waals surface area (Å²) in [4.78, 5) is 13.9. The Morgan fingerprint density at radius 3 is 2.81 bits per heavy atom. The Bertz CT molecular complexity index is 429. The number of rotatable bonds is 4. The summed E-state index contributed by atoms with van der Waals surface area (Å²) in [6.07, 6.45) is 4.68. The van der Waals surface area contributed by atoms with E-state index in [1.165, 1.54) is 12.3 Å². The molecule has 0 bridgehead atoms. The Labute approximate surface area is 92.8 Å². The number of hydrogen-bond acceptors (Lipinski definition) is 5. The number of pyridine rings is 1. The van der Waals surface area contributed by atoms with Crippen molar-refractivity contribution in [2.45, 2.75) is 31.2 Å². The molecule has 0 unspecified atom stereocenters. The lowest BCUT2D eigenvalue weighted by Crippen LogP contribution is -2.22. The van der Waals surface area contributed by atoms with Crippen LogP contribution in [0.2, 0.25) is 0 Å². The summed E-state index contributed by atoms with van der Waals surface area (Å²) < 4.78 is 0. The van der Waals surface area contributed by atoms with Crippen molar-refractivity contribution in [2.75, 3.05) is 5.73 Å². The normalized spacial score (nSPS) is 17.1. The van der Waals surface area contributed by atoms with Crippen LogP contribution < -0.4 is 11.5 Å². The summed E-state index contributed by atoms with van der Waals surface area (Å²) in [6, 6.07) is 1.48. The lowest BCUT2D eigenvalue weighted by molar-refractivity contribution is -0.385. The highest BCUT2D eigenvalue weighted by molar-refractivity contribution is 5.45. The van der Waals surface area contributed by atoms with Crippen molar-refractivity contribution < 1.29 is 4.92 Å². The number of anilines is 1. The predicted molar refractivity (Wildman–Crippen MR) is 59.8 cm³/mol. The third-order valence-electron chi connectivity index (χ3n) is 2.98. The van der Waals surface area contributed by atoms with Gasteiger partial charge in [0.25, 0.3) is 5.69 Å². The molecule has 1 aromatic heterocycles. The van der Waals surface area contributed by atoms with Crippen molar-refractivity contribution in [3.63, 3.8) is 0 Å². The van der Waals surface area contributed by atoms with Gasteiger partial charge >= 0.3 is 0 Å². The van der Waals surface area contributed by atoms with E-state index in [4.69, 9.17) is 11.5 Å². The van der Waals surface area contributed by atoms with Gasteiger partial charge in [-0.2, -0.15) is 0 Å². The fourth-order valence-corrected chi connectivity index (χ4v) is 1.60. The van der Waals surface area contributed by atoms with Crippen LogP contribution >= 0.6 is 0 Å². The first-order valence-electron chi connectivity index (χ1n) is 5.18. The van der Waals surface area contributed by atoms with Gasteiger partial charge in [0.05, 0.1) is 4.92 Å². The minimum atomic E-state index is -0.467. The molecule has 0 aliphatic heterocycles. The number of nitrogens with zero attached hydrogens (tertiary/aromatic N) is 2. The van der Waals surface area contributed by atoms with Crippen molar-refractivity contribution in [2.24, 2.45) is 5.73 Å². The SMILES string of the molecule is Nc1ncc([N+](=O)[O-])cc1CCC1(N)CC1. The van der Waals surface area contributed by atoms with Gasteiger partial charge in [-0.25, -0.2) is 4.98 Å². The molecule has 0 spiro atoms. The first-order chi connectivity index (χ1) is 7.50. The molecule has 16 heavy (non-hydrogen) atoms. The van der Waals surface area contributed by atoms with E-state index < -0.39 is 4.92 Å². The van der Waals surface area contributed by atoms with Gasteiger partial charge in [0.15, 0.2) is 0 Å². The summed E-state index contributed by atoms with van der Waals surface area (Å²) in [5.74, 6) is 0.356. The van der Waals surface area contributed by atoms with Crippen LogP contribution in [0, 0.1) is 10.1 Å². The molecule has 6 nitrogen and oxygen atoms in total. The van der Waals surface area contributed by atoms with Crippen LogP contribution in [0.1, 0.15) is 24.8 Å². The molecular formula is C10H14N4O2. The van der Waals surface area contributed by atoms with Gasteiger partial charge in [0.1, 0.15) is 12.0 Å². The minimum absolute atomic E-state index is 0.0222. The average molecular weight is 222 g/mol. The van der Waals surface area contributed by atoms with Crippen LogP contribution in [0.15, 0.2) is 12.3 Å². The number of aromatic nitrogens is 1. The topological polar surface area (TPSA) is 108 Å². The van der Waals surface area contributed by atoms with E-state index in [-0.39, 0.29) is 11.2 Å². The Hall–Kier alpha value is -1.69. The molecule has 1 saturated carbocycles. The van der Waals surface area contributed by atoms with Gasteiger partial charge in [0, 0.05) is 17.2 Å². The predicted octanol–water partition coefficient (Wildman–Crippen LogP) is 0.996. The molecule has 1 heterocycles. The van der Waals surface area contributed by atoms with E-state index in [1.54, 1.807) is 0 Å². The minimum Gasteiger partial charge on any atom is -0.383 e. The van der Waals surface area contributed by atoms with E-state index in [2.05, 4.69) is 4.98 Å². The standard InChI is InChI=1S/C10H14N4O2/c11-9-7(1-2-10(12)3-4-10)5-8(6-13-9)14(15)16/h5-6H,1-4,12H2,(H2,11,13). The van der Waals surface area contributed by atoms with Crippen LogP contribution in [0.3, 0.4) is 0 Å². The Morgan fingerprint density at radius 1 is 1.56 bits per heavy atom. The Morgan fingerprint density at radius 2 is 2.25 bits per heavy atom. The lowest BCUT2D eigenvalue weighted by Gasteiger charge is -2.09. The zero-order chi connectivity index (χ0) is 11.8. The molecule has 0 aromatic carbocycles. The van der Waals surface area contributed by atoms with Crippen molar-refractivity contribution in [1.29, 1.82) is 0 Å². The highest BCUT2D eigenvalue weighted by Gasteiger charge is 2.37. The van der Waals surface area contributed by atoms with E-state index in [9.17, 15) is 10.1 Å². The summed E-state index contributed by atoms with van der Waals surface area (Å²) in [7, 11) is 0.